The number of hydrogen-bond acceptors (Lipinski definition) is 7. The molecule has 8 N–H and O–H groups in total. The highest BCUT2D eigenvalue weighted by Crippen LogP contribution is 2.00. The van der Waals surface area contributed by atoms with Crippen LogP contribution in [0.2, 0.25) is 0 Å². The zero-order chi connectivity index (χ0) is 13.3. The molecule has 7 heteroatoms. The fraction of sp³-hybridized carbons (Fsp3) is 0.800. The summed E-state index contributed by atoms with van der Waals surface area (Å²) in [5.74, 6) is -1.17. The number of carbonyl (C=O) groups excluding carboxylic acids is 2. The first-order valence-electron chi connectivity index (χ1n) is 5.64. The van der Waals surface area contributed by atoms with Gasteiger partial charge in [0.15, 0.2) is 0 Å². The second-order valence-corrected chi connectivity index (χ2v) is 3.91. The van der Waals surface area contributed by atoms with E-state index >= 15 is 0 Å². The first-order valence-corrected chi connectivity index (χ1v) is 5.64. The highest BCUT2D eigenvalue weighted by Gasteiger charge is 2.13. The minimum atomic E-state index is -0.583. The van der Waals surface area contributed by atoms with Crippen LogP contribution < -0.4 is 22.9 Å². The average Bonchev–Trinajstić information content (AvgIpc) is 2.32. The van der Waals surface area contributed by atoms with Gasteiger partial charge in [-0.3, -0.25) is 9.59 Å². The summed E-state index contributed by atoms with van der Waals surface area (Å²) < 4.78 is 4.57. The molecule has 2 unspecified atom stereocenters. The van der Waals surface area contributed by atoms with Crippen LogP contribution in [0.3, 0.4) is 0 Å². The maximum absolute atomic E-state index is 11.2. The van der Waals surface area contributed by atoms with Crippen molar-refractivity contribution >= 4 is 11.9 Å². The van der Waals surface area contributed by atoms with Gasteiger partial charge in [0.1, 0.15) is 0 Å². The van der Waals surface area contributed by atoms with Crippen LogP contribution in [-0.2, 0) is 14.3 Å². The maximum atomic E-state index is 11.2. The lowest BCUT2D eigenvalue weighted by Crippen LogP contribution is -2.31. The van der Waals surface area contributed by atoms with Gasteiger partial charge in [-0.15, -0.1) is 0 Å². The van der Waals surface area contributed by atoms with Crippen molar-refractivity contribution < 1.29 is 14.3 Å². The normalized spacial score (nSPS) is 14.1. The monoisotopic (exact) mass is 246 g/mol. The molecule has 0 amide bonds. The van der Waals surface area contributed by atoms with Crippen LogP contribution in [0, 0.1) is 0 Å². The van der Waals surface area contributed by atoms with E-state index in [4.69, 9.17) is 22.9 Å². The molecule has 0 aromatic rings. The van der Waals surface area contributed by atoms with Crippen molar-refractivity contribution in [1.82, 2.24) is 0 Å². The molecule has 100 valence electrons. The highest BCUT2D eigenvalue weighted by molar-refractivity contribution is 5.85. The van der Waals surface area contributed by atoms with Crippen molar-refractivity contribution in [2.75, 3.05) is 13.1 Å². The molecule has 0 aliphatic carbocycles. The van der Waals surface area contributed by atoms with Gasteiger partial charge in [-0.1, -0.05) is 0 Å². The number of esters is 2. The van der Waals surface area contributed by atoms with Crippen molar-refractivity contribution in [3.8, 4) is 0 Å². The van der Waals surface area contributed by atoms with Gasteiger partial charge in [0.2, 0.25) is 0 Å². The Hall–Kier alpha value is -1.02. The molecule has 0 spiro atoms. The molecule has 0 heterocycles. The van der Waals surface area contributed by atoms with Crippen LogP contribution in [0.15, 0.2) is 0 Å². The lowest BCUT2D eigenvalue weighted by molar-refractivity contribution is -0.159. The number of hydrogen-bond donors (Lipinski definition) is 4. The second kappa shape index (κ2) is 9.06. The quantitative estimate of drug-likeness (QED) is 0.291. The summed E-state index contributed by atoms with van der Waals surface area (Å²) in [6.07, 6.45) is 0.996. The molecule has 0 aromatic heterocycles. The van der Waals surface area contributed by atoms with Crippen molar-refractivity contribution in [1.29, 1.82) is 0 Å². The fourth-order valence-corrected chi connectivity index (χ4v) is 1.07. The third-order valence-corrected chi connectivity index (χ3v) is 2.27. The predicted molar refractivity (Wildman–Crippen MR) is 63.6 cm³/mol. The minimum absolute atomic E-state index is 0.0903. The molecular weight excluding hydrogens is 224 g/mol. The summed E-state index contributed by atoms with van der Waals surface area (Å²) in [5.41, 5.74) is 21.6. The van der Waals surface area contributed by atoms with Crippen LogP contribution in [0.4, 0.5) is 0 Å². The van der Waals surface area contributed by atoms with E-state index in [1.165, 1.54) is 0 Å². The Morgan fingerprint density at radius 2 is 1.24 bits per heavy atom. The van der Waals surface area contributed by atoms with Gasteiger partial charge in [-0.2, -0.15) is 0 Å². The van der Waals surface area contributed by atoms with Gasteiger partial charge in [0.05, 0.1) is 0 Å². The van der Waals surface area contributed by atoms with Gasteiger partial charge in [0, 0.05) is 38.0 Å². The van der Waals surface area contributed by atoms with Crippen LogP contribution in [0.1, 0.15) is 25.7 Å². The van der Waals surface area contributed by atoms with E-state index in [0.29, 0.717) is 25.9 Å². The second-order valence-electron chi connectivity index (χ2n) is 3.91. The Labute approximate surface area is 101 Å². The van der Waals surface area contributed by atoms with Crippen LogP contribution >= 0.6 is 0 Å². The molecule has 7 nitrogen and oxygen atoms in total. The molecule has 0 saturated heterocycles. The summed E-state index contributed by atoms with van der Waals surface area (Å²) in [4.78, 5) is 22.4. The smallest absolute Gasteiger partial charge is 0.313 e. The van der Waals surface area contributed by atoms with E-state index in [0.717, 1.165) is 0 Å². The largest absolute Gasteiger partial charge is 0.393 e. The van der Waals surface area contributed by atoms with E-state index in [2.05, 4.69) is 4.74 Å². The molecule has 0 saturated carbocycles. The lowest BCUT2D eigenvalue weighted by atomic mass is 10.1. The lowest BCUT2D eigenvalue weighted by Gasteiger charge is -2.09. The van der Waals surface area contributed by atoms with Crippen LogP contribution in [-0.4, -0.2) is 37.1 Å². The summed E-state index contributed by atoms with van der Waals surface area (Å²) in [6, 6.07) is -0.494. The number of rotatable bonds is 8. The third-order valence-electron chi connectivity index (χ3n) is 2.27. The van der Waals surface area contributed by atoms with Gasteiger partial charge in [0.25, 0.3) is 0 Å². The summed E-state index contributed by atoms with van der Waals surface area (Å²) >= 11 is 0. The van der Waals surface area contributed by atoms with E-state index < -0.39 is 11.9 Å². The molecule has 0 aliphatic rings. The van der Waals surface area contributed by atoms with Gasteiger partial charge in [-0.05, 0) is 12.8 Å². The molecule has 0 rings (SSSR count). The Kier molecular flexibility index (Phi) is 8.51. The zero-order valence-electron chi connectivity index (χ0n) is 9.93. The molecule has 0 aromatic carbocycles. The molecule has 0 radical (unpaired) electrons. The summed E-state index contributed by atoms with van der Waals surface area (Å²) in [6.45, 7) is 0.596. The standard InChI is InChI=1S/C10H22N4O3/c11-5-7(13)1-3-9(15)17-10(16)4-2-8(14)6-12/h7-8H,1-6,11-14H2. The predicted octanol–water partition coefficient (Wildman–Crippen LogP) is -1.81. The SMILES string of the molecule is NCC(N)CCC(=O)OC(=O)CCC(N)CN. The Balaban J connectivity index is 3.69. The van der Waals surface area contributed by atoms with E-state index in [9.17, 15) is 9.59 Å². The summed E-state index contributed by atoms with van der Waals surface area (Å²) in [7, 11) is 0. The molecule has 2 atom stereocenters. The molecular formula is C10H22N4O3. The average molecular weight is 246 g/mol. The van der Waals surface area contributed by atoms with Crippen molar-refractivity contribution in [2.24, 2.45) is 22.9 Å². The number of ether oxygens (including phenoxy) is 1. The number of nitrogens with two attached hydrogens (primary N) is 4. The molecule has 0 bridgehead atoms. The molecule has 0 fully saturated rings. The topological polar surface area (TPSA) is 147 Å². The van der Waals surface area contributed by atoms with Gasteiger partial charge < -0.3 is 27.7 Å². The highest BCUT2D eigenvalue weighted by atomic mass is 16.6. The fourth-order valence-electron chi connectivity index (χ4n) is 1.07. The van der Waals surface area contributed by atoms with Crippen LogP contribution in [0.5, 0.6) is 0 Å². The Morgan fingerprint density at radius 1 is 0.882 bits per heavy atom. The van der Waals surface area contributed by atoms with Crippen molar-refractivity contribution in [2.45, 2.75) is 37.8 Å². The van der Waals surface area contributed by atoms with E-state index in [1.54, 1.807) is 0 Å². The summed E-state index contributed by atoms with van der Waals surface area (Å²) in [5, 5.41) is 0. The van der Waals surface area contributed by atoms with E-state index in [-0.39, 0.29) is 24.9 Å². The van der Waals surface area contributed by atoms with E-state index in [1.807, 2.05) is 0 Å². The Morgan fingerprint density at radius 3 is 1.53 bits per heavy atom. The number of carbonyl (C=O) groups is 2. The zero-order valence-corrected chi connectivity index (χ0v) is 9.93. The van der Waals surface area contributed by atoms with Gasteiger partial charge in [-0.25, -0.2) is 0 Å². The van der Waals surface area contributed by atoms with Crippen molar-refractivity contribution in [3.63, 3.8) is 0 Å². The maximum Gasteiger partial charge on any atom is 0.313 e. The van der Waals surface area contributed by atoms with Crippen molar-refractivity contribution in [3.05, 3.63) is 0 Å². The first kappa shape index (κ1) is 16.0. The van der Waals surface area contributed by atoms with Gasteiger partial charge >= 0.3 is 11.9 Å². The first-order chi connectivity index (χ1) is 7.99. The Bertz CT molecular complexity index is 224. The molecule has 0 aliphatic heterocycles. The van der Waals surface area contributed by atoms with Crippen LogP contribution in [0.25, 0.3) is 0 Å². The minimum Gasteiger partial charge on any atom is -0.393 e. The molecule has 17 heavy (non-hydrogen) atoms. The third kappa shape index (κ3) is 8.75.